The average molecular weight is 306 g/mol. The van der Waals surface area contributed by atoms with Gasteiger partial charge in [0, 0.05) is 19.2 Å². The van der Waals surface area contributed by atoms with Crippen LogP contribution in [0.3, 0.4) is 0 Å². The third kappa shape index (κ3) is 2.34. The van der Waals surface area contributed by atoms with Crippen LogP contribution in [-0.4, -0.2) is 52.2 Å². The number of hydrogen-bond acceptors (Lipinski definition) is 5. The normalized spacial score (nSPS) is 26.6. The number of ether oxygens (including phenoxy) is 1. The molecule has 0 unspecified atom stereocenters. The molecule has 2 aliphatic rings. The summed E-state index contributed by atoms with van der Waals surface area (Å²) in [6.45, 7) is 0.724. The molecule has 1 saturated carbocycles. The van der Waals surface area contributed by atoms with Crippen LogP contribution in [0.2, 0.25) is 0 Å². The van der Waals surface area contributed by atoms with Gasteiger partial charge in [-0.3, -0.25) is 10.1 Å². The van der Waals surface area contributed by atoms with E-state index < -0.39 is 11.4 Å². The number of nitrogens with one attached hydrogen (secondary N) is 1. The molecule has 22 heavy (non-hydrogen) atoms. The quantitative estimate of drug-likeness (QED) is 0.869. The van der Waals surface area contributed by atoms with E-state index in [4.69, 9.17) is 4.74 Å². The number of carboxylic acids is 1. The number of anilines is 1. The van der Waals surface area contributed by atoms with Crippen LogP contribution in [0.4, 0.5) is 10.6 Å². The molecule has 0 radical (unpaired) electrons. The van der Waals surface area contributed by atoms with Crippen LogP contribution in [-0.2, 0) is 4.79 Å². The maximum absolute atomic E-state index is 12.3. The van der Waals surface area contributed by atoms with Crippen molar-refractivity contribution in [2.24, 2.45) is 11.3 Å². The van der Waals surface area contributed by atoms with Crippen molar-refractivity contribution in [2.75, 3.05) is 25.5 Å². The van der Waals surface area contributed by atoms with Crippen LogP contribution in [0.5, 0.6) is 5.88 Å². The molecule has 1 aromatic rings. The van der Waals surface area contributed by atoms with Crippen LogP contribution in [0, 0.1) is 11.3 Å². The van der Waals surface area contributed by atoms with E-state index in [1.54, 1.807) is 4.90 Å². The summed E-state index contributed by atoms with van der Waals surface area (Å²) >= 11 is 0. The van der Waals surface area contributed by atoms with E-state index in [-0.39, 0.29) is 18.5 Å². The maximum Gasteiger partial charge on any atom is 0.323 e. The van der Waals surface area contributed by atoms with E-state index in [1.807, 2.05) is 0 Å². The second kappa shape index (κ2) is 5.43. The number of aromatic nitrogens is 2. The molecule has 0 spiro atoms. The molecule has 8 nitrogen and oxygen atoms in total. The number of carbonyl (C=O) groups is 2. The minimum Gasteiger partial charge on any atom is -0.481 e. The molecule has 2 amide bonds. The number of nitrogens with zero attached hydrogens (tertiary/aromatic N) is 3. The highest BCUT2D eigenvalue weighted by molar-refractivity contribution is 5.89. The van der Waals surface area contributed by atoms with Crippen LogP contribution >= 0.6 is 0 Å². The minimum atomic E-state index is -0.797. The molecule has 1 aromatic heterocycles. The largest absolute Gasteiger partial charge is 0.481 e. The molecule has 8 heteroatoms. The summed E-state index contributed by atoms with van der Waals surface area (Å²) in [4.78, 5) is 33.3. The second-order valence-electron chi connectivity index (χ2n) is 5.81. The number of aliphatic carboxylic acids is 1. The third-order valence-corrected chi connectivity index (χ3v) is 4.67. The van der Waals surface area contributed by atoms with Gasteiger partial charge in [0.05, 0.1) is 12.5 Å². The van der Waals surface area contributed by atoms with Gasteiger partial charge >= 0.3 is 12.0 Å². The Morgan fingerprint density at radius 3 is 3.00 bits per heavy atom. The van der Waals surface area contributed by atoms with E-state index in [1.165, 1.54) is 19.5 Å². The Morgan fingerprint density at radius 2 is 2.32 bits per heavy atom. The van der Waals surface area contributed by atoms with E-state index >= 15 is 0 Å². The number of hydrogen-bond donors (Lipinski definition) is 2. The molecule has 2 N–H and O–H groups in total. The van der Waals surface area contributed by atoms with Crippen LogP contribution in [0.25, 0.3) is 0 Å². The number of fused-ring (bicyclic) bond motifs is 1. The molecule has 118 valence electrons. The molecule has 1 saturated heterocycles. The zero-order valence-corrected chi connectivity index (χ0v) is 12.3. The molecule has 3 rings (SSSR count). The Labute approximate surface area is 127 Å². The maximum atomic E-state index is 12.3. The number of carbonyl (C=O) groups excluding carboxylic acids is 1. The smallest absolute Gasteiger partial charge is 0.323 e. The Balaban J connectivity index is 1.70. The lowest BCUT2D eigenvalue weighted by molar-refractivity contribution is -0.149. The minimum absolute atomic E-state index is 0.0377. The Bertz CT molecular complexity index is 608. The predicted molar refractivity (Wildman–Crippen MR) is 76.6 cm³/mol. The van der Waals surface area contributed by atoms with Crippen molar-refractivity contribution >= 4 is 17.8 Å². The van der Waals surface area contributed by atoms with E-state index in [0.717, 1.165) is 12.8 Å². The lowest BCUT2D eigenvalue weighted by Crippen LogP contribution is -2.38. The molecule has 0 bridgehead atoms. The van der Waals surface area contributed by atoms with Crippen molar-refractivity contribution in [1.82, 2.24) is 14.9 Å². The first-order chi connectivity index (χ1) is 10.5. The fraction of sp³-hybridized carbons (Fsp3) is 0.571. The summed E-state index contributed by atoms with van der Waals surface area (Å²) in [6.07, 6.45) is 3.71. The highest BCUT2D eigenvalue weighted by atomic mass is 16.5. The first kappa shape index (κ1) is 14.6. The zero-order valence-electron chi connectivity index (χ0n) is 12.3. The van der Waals surface area contributed by atoms with Gasteiger partial charge in [-0.1, -0.05) is 6.42 Å². The monoisotopic (exact) mass is 306 g/mol. The predicted octanol–water partition coefficient (Wildman–Crippen LogP) is 1.20. The van der Waals surface area contributed by atoms with Crippen molar-refractivity contribution in [3.8, 4) is 5.88 Å². The number of amides is 2. The highest BCUT2D eigenvalue weighted by Crippen LogP contribution is 2.48. The van der Waals surface area contributed by atoms with Crippen molar-refractivity contribution in [3.05, 3.63) is 12.4 Å². The molecule has 1 aliphatic heterocycles. The zero-order chi connectivity index (χ0) is 15.7. The van der Waals surface area contributed by atoms with Crippen molar-refractivity contribution in [3.63, 3.8) is 0 Å². The summed E-state index contributed by atoms with van der Waals surface area (Å²) in [6, 6.07) is 1.18. The SMILES string of the molecule is COc1cc(NC(=O)N2C[C@@H]3CCC[C@@]3(C(=O)O)C2)ncn1. The molecule has 0 aromatic carbocycles. The first-order valence-electron chi connectivity index (χ1n) is 7.20. The summed E-state index contributed by atoms with van der Waals surface area (Å²) < 4.78 is 4.98. The van der Waals surface area contributed by atoms with Gasteiger partial charge in [0.1, 0.15) is 12.1 Å². The van der Waals surface area contributed by atoms with Gasteiger partial charge in [-0.15, -0.1) is 0 Å². The number of rotatable bonds is 3. The first-order valence-corrected chi connectivity index (χ1v) is 7.20. The van der Waals surface area contributed by atoms with E-state index in [9.17, 15) is 14.7 Å². The summed E-state index contributed by atoms with van der Waals surface area (Å²) in [5.74, 6) is -0.0754. The van der Waals surface area contributed by atoms with Gasteiger partial charge in [0.2, 0.25) is 5.88 Å². The van der Waals surface area contributed by atoms with Crippen molar-refractivity contribution < 1.29 is 19.4 Å². The molecule has 2 fully saturated rings. The fourth-order valence-electron chi connectivity index (χ4n) is 3.50. The third-order valence-electron chi connectivity index (χ3n) is 4.67. The molecule has 2 heterocycles. The molecular formula is C14H18N4O4. The van der Waals surface area contributed by atoms with Crippen molar-refractivity contribution in [2.45, 2.75) is 19.3 Å². The van der Waals surface area contributed by atoms with Crippen LogP contribution in [0.15, 0.2) is 12.4 Å². The van der Waals surface area contributed by atoms with Gasteiger partial charge in [-0.05, 0) is 18.8 Å². The molecule has 2 atom stereocenters. The van der Waals surface area contributed by atoms with Gasteiger partial charge in [0.15, 0.2) is 0 Å². The number of methoxy groups -OCH3 is 1. The van der Waals surface area contributed by atoms with Crippen LogP contribution < -0.4 is 10.1 Å². The Hall–Kier alpha value is -2.38. The van der Waals surface area contributed by atoms with E-state index in [0.29, 0.717) is 24.7 Å². The Kier molecular flexibility index (Phi) is 3.59. The fourth-order valence-corrected chi connectivity index (χ4v) is 3.50. The van der Waals surface area contributed by atoms with Gasteiger partial charge in [-0.2, -0.15) is 0 Å². The van der Waals surface area contributed by atoms with E-state index in [2.05, 4.69) is 15.3 Å². The summed E-state index contributed by atoms with van der Waals surface area (Å²) in [5.41, 5.74) is -0.777. The lowest BCUT2D eigenvalue weighted by Gasteiger charge is -2.23. The lowest BCUT2D eigenvalue weighted by atomic mass is 9.81. The average Bonchev–Trinajstić information content (AvgIpc) is 3.05. The van der Waals surface area contributed by atoms with Crippen molar-refractivity contribution in [1.29, 1.82) is 0 Å². The summed E-state index contributed by atoms with van der Waals surface area (Å²) in [5, 5.41) is 12.2. The van der Waals surface area contributed by atoms with Crippen LogP contribution in [0.1, 0.15) is 19.3 Å². The molecule has 1 aliphatic carbocycles. The number of likely N-dealkylation sites (tertiary alicyclic amines) is 1. The molecular weight excluding hydrogens is 288 g/mol. The van der Waals surface area contributed by atoms with Gasteiger partial charge < -0.3 is 14.7 Å². The topological polar surface area (TPSA) is 105 Å². The summed E-state index contributed by atoms with van der Waals surface area (Å²) in [7, 11) is 1.48. The van der Waals surface area contributed by atoms with Gasteiger partial charge in [0.25, 0.3) is 0 Å². The number of carboxylic acid groups (broad SMARTS) is 1. The second-order valence-corrected chi connectivity index (χ2v) is 5.81. The standard InChI is InChI=1S/C14H18N4O4/c1-22-11-5-10(15-8-16-11)17-13(21)18-6-9-3-2-4-14(9,7-18)12(19)20/h5,8-9H,2-4,6-7H2,1H3,(H,19,20)(H,15,16,17,21)/t9-,14+/m0/s1. The number of urea groups is 1. The highest BCUT2D eigenvalue weighted by Gasteiger charge is 2.55. The Morgan fingerprint density at radius 1 is 1.50 bits per heavy atom. The van der Waals surface area contributed by atoms with Gasteiger partial charge in [-0.25, -0.2) is 14.8 Å².